The first-order valence-corrected chi connectivity index (χ1v) is 8.46. The number of carbonyl (C=O) groups is 2. The van der Waals surface area contributed by atoms with Gasteiger partial charge in [-0.25, -0.2) is 4.39 Å². The molecule has 0 saturated carbocycles. The van der Waals surface area contributed by atoms with Crippen LogP contribution in [0.2, 0.25) is 0 Å². The fourth-order valence-corrected chi connectivity index (χ4v) is 3.16. The molecule has 0 saturated heterocycles. The van der Waals surface area contributed by atoms with Crippen molar-refractivity contribution in [2.45, 2.75) is 26.0 Å². The minimum absolute atomic E-state index is 0.0114. The Kier molecular flexibility index (Phi) is 4.08. The van der Waals surface area contributed by atoms with Crippen molar-refractivity contribution in [3.63, 3.8) is 0 Å². The molecule has 0 aromatic heterocycles. The molecule has 0 fully saturated rings. The lowest BCUT2D eigenvalue weighted by molar-refractivity contribution is -0.122. The van der Waals surface area contributed by atoms with Crippen LogP contribution >= 0.6 is 0 Å². The molecule has 0 radical (unpaired) electrons. The Bertz CT molecular complexity index is 913. The van der Waals surface area contributed by atoms with Crippen molar-refractivity contribution in [3.8, 4) is 5.75 Å². The SMILES string of the molecule is CC1Oc2ccc(NC(=O)c3cc4c(cc3F)CNCC4)cc2NC1=O. The highest BCUT2D eigenvalue weighted by molar-refractivity contribution is 6.05. The second-order valence-electron chi connectivity index (χ2n) is 6.44. The average Bonchev–Trinajstić information content (AvgIpc) is 2.62. The maximum absolute atomic E-state index is 14.3. The van der Waals surface area contributed by atoms with E-state index < -0.39 is 17.8 Å². The molecule has 6 nitrogen and oxygen atoms in total. The molecule has 1 unspecified atom stereocenters. The molecule has 2 aliphatic heterocycles. The van der Waals surface area contributed by atoms with E-state index in [1.807, 2.05) is 0 Å². The lowest BCUT2D eigenvalue weighted by Crippen LogP contribution is -2.34. The molecule has 26 heavy (non-hydrogen) atoms. The van der Waals surface area contributed by atoms with Crippen LogP contribution in [-0.2, 0) is 17.8 Å². The van der Waals surface area contributed by atoms with Crippen LogP contribution in [0.1, 0.15) is 28.4 Å². The van der Waals surface area contributed by atoms with Gasteiger partial charge < -0.3 is 20.7 Å². The van der Waals surface area contributed by atoms with Crippen molar-refractivity contribution in [3.05, 3.63) is 52.8 Å². The second kappa shape index (κ2) is 6.42. The number of nitrogens with one attached hydrogen (secondary N) is 3. The predicted octanol–water partition coefficient (Wildman–Crippen LogP) is 2.44. The highest BCUT2D eigenvalue weighted by Gasteiger charge is 2.24. The van der Waals surface area contributed by atoms with E-state index >= 15 is 0 Å². The smallest absolute Gasteiger partial charge is 0.265 e. The van der Waals surface area contributed by atoms with Gasteiger partial charge in [0, 0.05) is 12.2 Å². The molecule has 0 aliphatic carbocycles. The molecular weight excluding hydrogens is 337 g/mol. The van der Waals surface area contributed by atoms with E-state index in [1.54, 1.807) is 31.2 Å². The van der Waals surface area contributed by atoms with Crippen LogP contribution in [0.25, 0.3) is 0 Å². The van der Waals surface area contributed by atoms with Crippen molar-refractivity contribution in [2.24, 2.45) is 0 Å². The summed E-state index contributed by atoms with van der Waals surface area (Å²) in [5.74, 6) is -0.800. The Morgan fingerprint density at radius 2 is 2.12 bits per heavy atom. The summed E-state index contributed by atoms with van der Waals surface area (Å²) < 4.78 is 19.8. The molecule has 1 atom stereocenters. The summed E-state index contributed by atoms with van der Waals surface area (Å²) in [6.07, 6.45) is 0.193. The monoisotopic (exact) mass is 355 g/mol. The molecule has 4 rings (SSSR count). The third-order valence-corrected chi connectivity index (χ3v) is 4.59. The van der Waals surface area contributed by atoms with Gasteiger partial charge in [0.2, 0.25) is 0 Å². The van der Waals surface area contributed by atoms with Crippen LogP contribution < -0.4 is 20.7 Å². The molecular formula is C19H18FN3O3. The lowest BCUT2D eigenvalue weighted by atomic mass is 9.97. The summed E-state index contributed by atoms with van der Waals surface area (Å²) in [5.41, 5.74) is 2.80. The van der Waals surface area contributed by atoms with Crippen molar-refractivity contribution >= 4 is 23.2 Å². The molecule has 134 valence electrons. The average molecular weight is 355 g/mol. The first-order valence-electron chi connectivity index (χ1n) is 8.46. The lowest BCUT2D eigenvalue weighted by Gasteiger charge is -2.23. The zero-order valence-electron chi connectivity index (χ0n) is 14.2. The van der Waals surface area contributed by atoms with Crippen LogP contribution in [-0.4, -0.2) is 24.5 Å². The molecule has 2 aliphatic rings. The number of fused-ring (bicyclic) bond motifs is 2. The second-order valence-corrected chi connectivity index (χ2v) is 6.44. The van der Waals surface area contributed by atoms with Crippen LogP contribution in [0, 0.1) is 5.82 Å². The minimum Gasteiger partial charge on any atom is -0.479 e. The van der Waals surface area contributed by atoms with Crippen molar-refractivity contribution in [1.29, 1.82) is 0 Å². The van der Waals surface area contributed by atoms with Crippen LogP contribution in [0.5, 0.6) is 5.75 Å². The van der Waals surface area contributed by atoms with Crippen molar-refractivity contribution < 1.29 is 18.7 Å². The van der Waals surface area contributed by atoms with Gasteiger partial charge in [0.1, 0.15) is 11.6 Å². The number of rotatable bonds is 2. The molecule has 2 amide bonds. The van der Waals surface area contributed by atoms with Crippen LogP contribution in [0.15, 0.2) is 30.3 Å². The summed E-state index contributed by atoms with van der Waals surface area (Å²) in [5, 5.41) is 8.58. The van der Waals surface area contributed by atoms with Gasteiger partial charge in [0.25, 0.3) is 11.8 Å². The normalized spacial score (nSPS) is 18.2. The number of benzene rings is 2. The Balaban J connectivity index is 1.57. The van der Waals surface area contributed by atoms with Gasteiger partial charge in [-0.05, 0) is 61.3 Å². The van der Waals surface area contributed by atoms with E-state index in [1.165, 1.54) is 6.07 Å². The van der Waals surface area contributed by atoms with Gasteiger partial charge in [0.15, 0.2) is 6.10 Å². The van der Waals surface area contributed by atoms with E-state index in [0.717, 1.165) is 24.1 Å². The molecule has 2 aromatic rings. The Morgan fingerprint density at radius 3 is 2.96 bits per heavy atom. The fourth-order valence-electron chi connectivity index (χ4n) is 3.16. The first-order chi connectivity index (χ1) is 12.5. The summed E-state index contributed by atoms with van der Waals surface area (Å²) >= 11 is 0. The van der Waals surface area contributed by atoms with E-state index in [-0.39, 0.29) is 11.5 Å². The Morgan fingerprint density at radius 1 is 1.27 bits per heavy atom. The van der Waals surface area contributed by atoms with E-state index in [0.29, 0.717) is 23.7 Å². The Labute approximate surface area is 149 Å². The highest BCUT2D eigenvalue weighted by atomic mass is 19.1. The van der Waals surface area contributed by atoms with Crippen LogP contribution in [0.3, 0.4) is 0 Å². The van der Waals surface area contributed by atoms with Crippen molar-refractivity contribution in [1.82, 2.24) is 5.32 Å². The number of hydrogen-bond donors (Lipinski definition) is 3. The highest BCUT2D eigenvalue weighted by Crippen LogP contribution is 2.32. The van der Waals surface area contributed by atoms with E-state index in [4.69, 9.17) is 4.74 Å². The number of hydrogen-bond acceptors (Lipinski definition) is 4. The number of amides is 2. The number of anilines is 2. The topological polar surface area (TPSA) is 79.5 Å². The molecule has 2 aromatic carbocycles. The number of halogens is 1. The van der Waals surface area contributed by atoms with Crippen LogP contribution in [0.4, 0.5) is 15.8 Å². The van der Waals surface area contributed by atoms with Gasteiger partial charge in [-0.2, -0.15) is 0 Å². The van der Waals surface area contributed by atoms with Gasteiger partial charge in [-0.1, -0.05) is 0 Å². The fraction of sp³-hybridized carbons (Fsp3) is 0.263. The quantitative estimate of drug-likeness (QED) is 0.773. The maximum atomic E-state index is 14.3. The summed E-state index contributed by atoms with van der Waals surface area (Å²) in [6, 6.07) is 7.94. The zero-order valence-corrected chi connectivity index (χ0v) is 14.2. The number of ether oxygens (including phenoxy) is 1. The third kappa shape index (κ3) is 3.01. The van der Waals surface area contributed by atoms with Crippen molar-refractivity contribution in [2.75, 3.05) is 17.2 Å². The van der Waals surface area contributed by atoms with E-state index in [2.05, 4.69) is 16.0 Å². The molecule has 7 heteroatoms. The summed E-state index contributed by atoms with van der Waals surface area (Å²) in [7, 11) is 0. The summed E-state index contributed by atoms with van der Waals surface area (Å²) in [4.78, 5) is 24.2. The standard InChI is InChI=1S/C19H18FN3O3/c1-10-18(24)23-16-8-13(2-3-17(16)26-10)22-19(25)14-6-11-4-5-21-9-12(11)7-15(14)20/h2-3,6-8,10,21H,4-5,9H2,1H3,(H,22,25)(H,23,24). The minimum atomic E-state index is -0.568. The molecule has 0 bridgehead atoms. The molecule has 0 spiro atoms. The van der Waals surface area contributed by atoms with Gasteiger partial charge in [-0.3, -0.25) is 9.59 Å². The zero-order chi connectivity index (χ0) is 18.3. The molecule has 3 N–H and O–H groups in total. The van der Waals surface area contributed by atoms with E-state index in [9.17, 15) is 14.0 Å². The van der Waals surface area contributed by atoms with Gasteiger partial charge in [0.05, 0.1) is 11.3 Å². The summed E-state index contributed by atoms with van der Waals surface area (Å²) in [6.45, 7) is 3.07. The first kappa shape index (κ1) is 16.5. The predicted molar refractivity (Wildman–Crippen MR) is 94.9 cm³/mol. The number of carbonyl (C=O) groups excluding carboxylic acids is 2. The largest absolute Gasteiger partial charge is 0.479 e. The van der Waals surface area contributed by atoms with Gasteiger partial charge in [-0.15, -0.1) is 0 Å². The third-order valence-electron chi connectivity index (χ3n) is 4.59. The maximum Gasteiger partial charge on any atom is 0.265 e. The molecule has 2 heterocycles. The Hall–Kier alpha value is -2.93. The van der Waals surface area contributed by atoms with Gasteiger partial charge >= 0.3 is 0 Å².